The Morgan fingerprint density at radius 1 is 1.18 bits per heavy atom. The van der Waals surface area contributed by atoms with Gasteiger partial charge in [-0.15, -0.1) is 0 Å². The average molecular weight is 320 g/mol. The molecule has 0 aromatic heterocycles. The van der Waals surface area contributed by atoms with E-state index >= 15 is 0 Å². The van der Waals surface area contributed by atoms with Crippen LogP contribution in [0.2, 0.25) is 0 Å². The second-order valence-electron chi connectivity index (χ2n) is 5.50. The standard InChI is InChI=1S/C14H28N2O6/c1-9-11(18)12(19)13(20)14(22-9)21-8-4-2-3-5-10(17)16-7-6-15/h9,11-14,18-20H,2-8,15H2,1H3,(H,16,17)/t9?,11-,12?,13?,14+/m0/s1. The van der Waals surface area contributed by atoms with E-state index in [0.29, 0.717) is 32.5 Å². The molecule has 8 nitrogen and oxygen atoms in total. The van der Waals surface area contributed by atoms with Gasteiger partial charge in [-0.3, -0.25) is 4.79 Å². The van der Waals surface area contributed by atoms with E-state index in [0.717, 1.165) is 12.8 Å². The van der Waals surface area contributed by atoms with Crippen molar-refractivity contribution in [1.82, 2.24) is 5.32 Å². The molecule has 1 amide bonds. The number of carbonyl (C=O) groups excluding carboxylic acids is 1. The first-order valence-electron chi connectivity index (χ1n) is 7.75. The number of aliphatic hydroxyl groups excluding tert-OH is 3. The summed E-state index contributed by atoms with van der Waals surface area (Å²) in [7, 11) is 0. The molecule has 0 aromatic carbocycles. The molecule has 5 atom stereocenters. The molecule has 1 aliphatic heterocycles. The van der Waals surface area contributed by atoms with Gasteiger partial charge in [-0.2, -0.15) is 0 Å². The Morgan fingerprint density at radius 2 is 1.91 bits per heavy atom. The number of hydrogen-bond acceptors (Lipinski definition) is 7. The van der Waals surface area contributed by atoms with E-state index < -0.39 is 30.7 Å². The molecule has 8 heteroatoms. The number of unbranched alkanes of at least 4 members (excludes halogenated alkanes) is 2. The Balaban J connectivity index is 2.10. The maximum absolute atomic E-state index is 11.3. The fourth-order valence-corrected chi connectivity index (χ4v) is 2.21. The lowest BCUT2D eigenvalue weighted by molar-refractivity contribution is -0.293. The van der Waals surface area contributed by atoms with Gasteiger partial charge in [0, 0.05) is 26.1 Å². The fourth-order valence-electron chi connectivity index (χ4n) is 2.21. The summed E-state index contributed by atoms with van der Waals surface area (Å²) in [4.78, 5) is 11.3. The second kappa shape index (κ2) is 10.1. The van der Waals surface area contributed by atoms with E-state index in [-0.39, 0.29) is 5.91 Å². The number of nitrogens with two attached hydrogens (primary N) is 1. The van der Waals surface area contributed by atoms with Crippen molar-refractivity contribution in [3.8, 4) is 0 Å². The zero-order chi connectivity index (χ0) is 16.5. The molecular weight excluding hydrogens is 292 g/mol. The van der Waals surface area contributed by atoms with Crippen LogP contribution in [0.15, 0.2) is 0 Å². The molecular formula is C14H28N2O6. The Morgan fingerprint density at radius 3 is 2.59 bits per heavy atom. The molecule has 3 unspecified atom stereocenters. The molecule has 0 spiro atoms. The first-order chi connectivity index (χ1) is 10.5. The summed E-state index contributed by atoms with van der Waals surface area (Å²) in [5.41, 5.74) is 5.28. The van der Waals surface area contributed by atoms with Crippen LogP contribution in [-0.2, 0) is 14.3 Å². The summed E-state index contributed by atoms with van der Waals surface area (Å²) in [5, 5.41) is 31.7. The molecule has 0 aromatic rings. The number of carbonyl (C=O) groups is 1. The second-order valence-corrected chi connectivity index (χ2v) is 5.50. The van der Waals surface area contributed by atoms with Gasteiger partial charge < -0.3 is 35.8 Å². The fraction of sp³-hybridized carbons (Fsp3) is 0.929. The third kappa shape index (κ3) is 6.15. The van der Waals surface area contributed by atoms with Gasteiger partial charge in [0.2, 0.25) is 5.91 Å². The third-order valence-corrected chi connectivity index (χ3v) is 3.61. The Kier molecular flexibility index (Phi) is 8.84. The predicted molar refractivity (Wildman–Crippen MR) is 78.8 cm³/mol. The monoisotopic (exact) mass is 320 g/mol. The molecule has 0 radical (unpaired) electrons. The minimum atomic E-state index is -1.28. The normalized spacial score (nSPS) is 32.0. The van der Waals surface area contributed by atoms with Crippen molar-refractivity contribution in [2.24, 2.45) is 5.73 Å². The highest BCUT2D eigenvalue weighted by atomic mass is 16.7. The van der Waals surface area contributed by atoms with E-state index in [2.05, 4.69) is 5.32 Å². The highest BCUT2D eigenvalue weighted by Crippen LogP contribution is 2.21. The van der Waals surface area contributed by atoms with Crippen LogP contribution < -0.4 is 11.1 Å². The van der Waals surface area contributed by atoms with Crippen molar-refractivity contribution in [3.63, 3.8) is 0 Å². The smallest absolute Gasteiger partial charge is 0.220 e. The molecule has 0 saturated carbocycles. The molecule has 1 heterocycles. The zero-order valence-corrected chi connectivity index (χ0v) is 13.0. The van der Waals surface area contributed by atoms with Crippen LogP contribution in [0.3, 0.4) is 0 Å². The lowest BCUT2D eigenvalue weighted by Gasteiger charge is -2.38. The first-order valence-corrected chi connectivity index (χ1v) is 7.75. The number of hydrogen-bond donors (Lipinski definition) is 5. The Bertz CT molecular complexity index is 330. The van der Waals surface area contributed by atoms with Gasteiger partial charge >= 0.3 is 0 Å². The van der Waals surface area contributed by atoms with Gasteiger partial charge in [0.1, 0.15) is 18.3 Å². The predicted octanol–water partition coefficient (Wildman–Crippen LogP) is -1.53. The van der Waals surface area contributed by atoms with Gasteiger partial charge in [0.25, 0.3) is 0 Å². The molecule has 1 aliphatic rings. The first kappa shape index (κ1) is 19.3. The van der Waals surface area contributed by atoms with Gasteiger partial charge in [-0.1, -0.05) is 6.42 Å². The number of rotatable bonds is 9. The minimum Gasteiger partial charge on any atom is -0.388 e. The number of ether oxygens (including phenoxy) is 2. The molecule has 1 fully saturated rings. The molecule has 6 N–H and O–H groups in total. The SMILES string of the molecule is CC1O[C@@H](OCCCCCC(=O)NCCN)C(O)C(O)[C@H]1O. The van der Waals surface area contributed by atoms with Crippen LogP contribution >= 0.6 is 0 Å². The largest absolute Gasteiger partial charge is 0.388 e. The quantitative estimate of drug-likeness (QED) is 0.325. The van der Waals surface area contributed by atoms with Crippen LogP contribution in [0.4, 0.5) is 0 Å². The van der Waals surface area contributed by atoms with Crippen LogP contribution in [-0.4, -0.2) is 71.6 Å². The van der Waals surface area contributed by atoms with Crippen molar-refractivity contribution < 1.29 is 29.6 Å². The van der Waals surface area contributed by atoms with Gasteiger partial charge in [-0.25, -0.2) is 0 Å². The van der Waals surface area contributed by atoms with Gasteiger partial charge in [0.05, 0.1) is 6.10 Å². The van der Waals surface area contributed by atoms with Gasteiger partial charge in [0.15, 0.2) is 6.29 Å². The Labute approximate surface area is 130 Å². The summed E-state index contributed by atoms with van der Waals surface area (Å²) >= 11 is 0. The third-order valence-electron chi connectivity index (χ3n) is 3.61. The Hall–Kier alpha value is -0.770. The molecule has 22 heavy (non-hydrogen) atoms. The van der Waals surface area contributed by atoms with Crippen molar-refractivity contribution >= 4 is 5.91 Å². The minimum absolute atomic E-state index is 0.0108. The molecule has 1 saturated heterocycles. The van der Waals surface area contributed by atoms with Crippen molar-refractivity contribution in [2.45, 2.75) is 63.3 Å². The summed E-state index contributed by atoms with van der Waals surface area (Å²) in [6.45, 7) is 2.88. The highest BCUT2D eigenvalue weighted by Gasteiger charge is 2.42. The van der Waals surface area contributed by atoms with E-state index in [1.807, 2.05) is 0 Å². The summed E-state index contributed by atoms with van der Waals surface area (Å²) in [6, 6.07) is 0. The number of nitrogens with one attached hydrogen (secondary N) is 1. The number of aliphatic hydroxyl groups is 3. The maximum atomic E-state index is 11.3. The summed E-state index contributed by atoms with van der Waals surface area (Å²) < 4.78 is 10.7. The number of amides is 1. The zero-order valence-electron chi connectivity index (χ0n) is 13.0. The van der Waals surface area contributed by atoms with Gasteiger partial charge in [-0.05, 0) is 19.8 Å². The molecule has 0 bridgehead atoms. The molecule has 1 rings (SSSR count). The maximum Gasteiger partial charge on any atom is 0.220 e. The lowest BCUT2D eigenvalue weighted by Crippen LogP contribution is -2.57. The van der Waals surface area contributed by atoms with Crippen molar-refractivity contribution in [3.05, 3.63) is 0 Å². The molecule has 0 aliphatic carbocycles. The van der Waals surface area contributed by atoms with E-state index in [1.54, 1.807) is 6.92 Å². The molecule has 130 valence electrons. The summed E-state index contributed by atoms with van der Waals surface area (Å²) in [5.74, 6) is -0.0108. The van der Waals surface area contributed by atoms with E-state index in [9.17, 15) is 20.1 Å². The van der Waals surface area contributed by atoms with E-state index in [4.69, 9.17) is 15.2 Å². The van der Waals surface area contributed by atoms with Crippen LogP contribution in [0, 0.1) is 0 Å². The van der Waals surface area contributed by atoms with Crippen molar-refractivity contribution in [1.29, 1.82) is 0 Å². The average Bonchev–Trinajstić information content (AvgIpc) is 2.51. The summed E-state index contributed by atoms with van der Waals surface area (Å²) in [6.07, 6.45) is -2.51. The van der Waals surface area contributed by atoms with Crippen LogP contribution in [0.5, 0.6) is 0 Å². The van der Waals surface area contributed by atoms with Crippen LogP contribution in [0.25, 0.3) is 0 Å². The van der Waals surface area contributed by atoms with Crippen molar-refractivity contribution in [2.75, 3.05) is 19.7 Å². The topological polar surface area (TPSA) is 134 Å². The van der Waals surface area contributed by atoms with Crippen LogP contribution in [0.1, 0.15) is 32.6 Å². The van der Waals surface area contributed by atoms with E-state index in [1.165, 1.54) is 0 Å². The lowest BCUT2D eigenvalue weighted by atomic mass is 10.0. The highest BCUT2D eigenvalue weighted by molar-refractivity contribution is 5.75.